The minimum Gasteiger partial charge on any atom is -0.497 e. The molecule has 2 aromatic rings. The molecule has 1 fully saturated rings. The van der Waals surface area contributed by atoms with Crippen molar-refractivity contribution in [3.05, 3.63) is 59.7 Å². The van der Waals surface area contributed by atoms with Crippen LogP contribution in [0.15, 0.2) is 48.5 Å². The van der Waals surface area contributed by atoms with E-state index in [0.29, 0.717) is 5.75 Å². The lowest BCUT2D eigenvalue weighted by Crippen LogP contribution is -2.49. The monoisotopic (exact) mass is 412 g/mol. The van der Waals surface area contributed by atoms with Crippen LogP contribution in [0, 0.1) is 0 Å². The van der Waals surface area contributed by atoms with Gasteiger partial charge in [-0.25, -0.2) is 0 Å². The molecule has 0 bridgehead atoms. The number of hydrogen-bond acceptors (Lipinski definition) is 4. The molecule has 2 aromatic carbocycles. The molecule has 0 spiro atoms. The van der Waals surface area contributed by atoms with Crippen LogP contribution < -0.4 is 9.64 Å². The fraction of sp³-hybridized carbons (Fsp3) is 0.458. The van der Waals surface area contributed by atoms with Crippen molar-refractivity contribution < 1.29 is 9.53 Å². The van der Waals surface area contributed by atoms with Crippen molar-refractivity contribution in [2.75, 3.05) is 43.9 Å². The van der Waals surface area contributed by atoms with E-state index in [-0.39, 0.29) is 11.3 Å². The second-order valence-electron chi connectivity index (χ2n) is 8.51. The first kappa shape index (κ1) is 21.6. The van der Waals surface area contributed by atoms with Crippen molar-refractivity contribution in [2.24, 2.45) is 0 Å². The van der Waals surface area contributed by atoms with Crippen molar-refractivity contribution in [1.82, 2.24) is 4.90 Å². The van der Waals surface area contributed by atoms with Gasteiger partial charge in [0.1, 0.15) is 5.75 Å². The third kappa shape index (κ3) is 5.92. The molecule has 0 aliphatic carbocycles. The Bertz CT molecular complexity index is 789. The molecule has 1 aliphatic rings. The minimum absolute atomic E-state index is 0.176. The van der Waals surface area contributed by atoms with Gasteiger partial charge in [0.2, 0.25) is 5.91 Å². The third-order valence-corrected chi connectivity index (χ3v) is 6.37. The van der Waals surface area contributed by atoms with Gasteiger partial charge in [-0.15, -0.1) is 11.8 Å². The van der Waals surface area contributed by atoms with E-state index < -0.39 is 0 Å². The van der Waals surface area contributed by atoms with Gasteiger partial charge in [0.25, 0.3) is 0 Å². The lowest BCUT2D eigenvalue weighted by molar-refractivity contribution is -0.128. The molecule has 1 saturated heterocycles. The number of ether oxygens (including phenoxy) is 1. The summed E-state index contributed by atoms with van der Waals surface area (Å²) in [6.45, 7) is 9.99. The van der Waals surface area contributed by atoms with Gasteiger partial charge >= 0.3 is 0 Å². The second-order valence-corrected chi connectivity index (χ2v) is 9.49. The first-order valence-electron chi connectivity index (χ1n) is 10.2. The molecule has 1 amide bonds. The Balaban J connectivity index is 1.41. The van der Waals surface area contributed by atoms with Gasteiger partial charge in [-0.2, -0.15) is 0 Å². The molecule has 1 aliphatic heterocycles. The molecule has 0 radical (unpaired) electrons. The van der Waals surface area contributed by atoms with Crippen LogP contribution in [0.25, 0.3) is 0 Å². The molecule has 0 saturated carbocycles. The number of nitrogens with zero attached hydrogens (tertiary/aromatic N) is 2. The Morgan fingerprint density at radius 3 is 2.14 bits per heavy atom. The van der Waals surface area contributed by atoms with Crippen molar-refractivity contribution in [3.8, 4) is 5.75 Å². The maximum absolute atomic E-state index is 12.6. The van der Waals surface area contributed by atoms with E-state index in [9.17, 15) is 4.79 Å². The van der Waals surface area contributed by atoms with Crippen LogP contribution in [0.5, 0.6) is 5.75 Å². The molecule has 0 N–H and O–H groups in total. The quantitative estimate of drug-likeness (QED) is 0.696. The summed E-state index contributed by atoms with van der Waals surface area (Å²) in [5.74, 6) is 2.54. The average Bonchev–Trinajstić information content (AvgIpc) is 2.73. The molecule has 0 atom stereocenters. The standard InChI is InChI=1S/C24H32N2O2S/c1-24(2,3)20-7-5-19(6-8-20)17-29-18-23(27)26-15-13-25(14-16-26)21-9-11-22(28-4)12-10-21/h5-12H,13-18H2,1-4H3. The van der Waals surface area contributed by atoms with E-state index in [0.717, 1.165) is 37.7 Å². The summed E-state index contributed by atoms with van der Waals surface area (Å²) < 4.78 is 5.22. The highest BCUT2D eigenvalue weighted by Gasteiger charge is 2.21. The first-order valence-corrected chi connectivity index (χ1v) is 11.4. The van der Waals surface area contributed by atoms with Crippen molar-refractivity contribution >= 4 is 23.4 Å². The van der Waals surface area contributed by atoms with Crippen LogP contribution in [0.2, 0.25) is 0 Å². The normalized spacial score (nSPS) is 14.8. The minimum atomic E-state index is 0.176. The molecule has 156 valence electrons. The predicted octanol–water partition coefficient (Wildman–Crippen LogP) is 4.57. The maximum Gasteiger partial charge on any atom is 0.232 e. The van der Waals surface area contributed by atoms with E-state index >= 15 is 0 Å². The average molecular weight is 413 g/mol. The summed E-state index contributed by atoms with van der Waals surface area (Å²) >= 11 is 1.70. The number of hydrogen-bond donors (Lipinski definition) is 0. The van der Waals surface area contributed by atoms with Gasteiger partial charge in [0.05, 0.1) is 12.9 Å². The molecule has 5 heteroatoms. The number of rotatable bonds is 6. The number of benzene rings is 2. The number of carbonyl (C=O) groups excluding carboxylic acids is 1. The third-order valence-electron chi connectivity index (χ3n) is 5.38. The molecule has 0 aromatic heterocycles. The Kier molecular flexibility index (Phi) is 7.12. The molecular formula is C24H32N2O2S. The van der Waals surface area contributed by atoms with Crippen LogP contribution in [0.4, 0.5) is 5.69 Å². The summed E-state index contributed by atoms with van der Waals surface area (Å²) in [6, 6.07) is 16.9. The zero-order valence-corrected chi connectivity index (χ0v) is 18.8. The predicted molar refractivity (Wildman–Crippen MR) is 123 cm³/mol. The number of methoxy groups -OCH3 is 1. The van der Waals surface area contributed by atoms with Gasteiger partial charge in [-0.05, 0) is 40.8 Å². The van der Waals surface area contributed by atoms with E-state index in [2.05, 4.69) is 62.1 Å². The van der Waals surface area contributed by atoms with Gasteiger partial charge in [0.15, 0.2) is 0 Å². The van der Waals surface area contributed by atoms with E-state index in [1.165, 1.54) is 16.8 Å². The highest BCUT2D eigenvalue weighted by molar-refractivity contribution is 7.99. The lowest BCUT2D eigenvalue weighted by Gasteiger charge is -2.36. The number of thioether (sulfide) groups is 1. The summed E-state index contributed by atoms with van der Waals surface area (Å²) in [6.07, 6.45) is 0. The van der Waals surface area contributed by atoms with Crippen LogP contribution in [-0.4, -0.2) is 49.8 Å². The van der Waals surface area contributed by atoms with Gasteiger partial charge in [0, 0.05) is 37.6 Å². The van der Waals surface area contributed by atoms with Crippen molar-refractivity contribution in [1.29, 1.82) is 0 Å². The fourth-order valence-electron chi connectivity index (χ4n) is 3.46. The van der Waals surface area contributed by atoms with Crippen LogP contribution in [0.3, 0.4) is 0 Å². The Morgan fingerprint density at radius 1 is 0.966 bits per heavy atom. The number of anilines is 1. The van der Waals surface area contributed by atoms with E-state index in [4.69, 9.17) is 4.74 Å². The topological polar surface area (TPSA) is 32.8 Å². The largest absolute Gasteiger partial charge is 0.497 e. The zero-order valence-electron chi connectivity index (χ0n) is 18.0. The van der Waals surface area contributed by atoms with Crippen LogP contribution in [0.1, 0.15) is 31.9 Å². The summed E-state index contributed by atoms with van der Waals surface area (Å²) in [7, 11) is 1.68. The fourth-order valence-corrected chi connectivity index (χ4v) is 4.34. The smallest absolute Gasteiger partial charge is 0.232 e. The van der Waals surface area contributed by atoms with Gasteiger partial charge in [-0.1, -0.05) is 45.0 Å². The van der Waals surface area contributed by atoms with Crippen molar-refractivity contribution in [3.63, 3.8) is 0 Å². The number of piperazine rings is 1. The Hall–Kier alpha value is -2.14. The lowest BCUT2D eigenvalue weighted by atomic mass is 9.87. The Morgan fingerprint density at radius 2 is 1.59 bits per heavy atom. The molecule has 29 heavy (non-hydrogen) atoms. The number of amides is 1. The van der Waals surface area contributed by atoms with Gasteiger partial charge < -0.3 is 14.5 Å². The molecule has 1 heterocycles. The van der Waals surface area contributed by atoms with E-state index in [1.807, 2.05) is 17.0 Å². The molecule has 3 rings (SSSR count). The molecule has 4 nitrogen and oxygen atoms in total. The number of carbonyl (C=O) groups is 1. The summed E-state index contributed by atoms with van der Waals surface area (Å²) in [5, 5.41) is 0. The zero-order chi connectivity index (χ0) is 20.9. The van der Waals surface area contributed by atoms with Crippen LogP contribution >= 0.6 is 11.8 Å². The summed E-state index contributed by atoms with van der Waals surface area (Å²) in [5.41, 5.74) is 3.98. The SMILES string of the molecule is COc1ccc(N2CCN(C(=O)CSCc3ccc(C(C)(C)C)cc3)CC2)cc1. The second kappa shape index (κ2) is 9.57. The first-order chi connectivity index (χ1) is 13.9. The van der Waals surface area contributed by atoms with E-state index in [1.54, 1.807) is 18.9 Å². The highest BCUT2D eigenvalue weighted by atomic mass is 32.2. The van der Waals surface area contributed by atoms with Gasteiger partial charge in [-0.3, -0.25) is 4.79 Å². The Labute approximate surface area is 179 Å². The van der Waals surface area contributed by atoms with Crippen LogP contribution in [-0.2, 0) is 16.0 Å². The highest BCUT2D eigenvalue weighted by Crippen LogP contribution is 2.24. The summed E-state index contributed by atoms with van der Waals surface area (Å²) in [4.78, 5) is 16.9. The molecule has 0 unspecified atom stereocenters. The van der Waals surface area contributed by atoms with Crippen molar-refractivity contribution in [2.45, 2.75) is 31.9 Å². The molecular weight excluding hydrogens is 380 g/mol. The maximum atomic E-state index is 12.6.